The highest BCUT2D eigenvalue weighted by atomic mass is 32.2. The van der Waals surface area contributed by atoms with E-state index in [4.69, 9.17) is 4.98 Å². The Hall–Kier alpha value is -3.24. The molecule has 2 N–H and O–H groups in total. The summed E-state index contributed by atoms with van der Waals surface area (Å²) >= 11 is 0. The number of hydrogen-bond donors (Lipinski definition) is 2. The average Bonchev–Trinajstić information content (AvgIpc) is 3.24. The van der Waals surface area contributed by atoms with E-state index in [-0.39, 0.29) is 23.0 Å². The van der Waals surface area contributed by atoms with Crippen LogP contribution in [0.1, 0.15) is 24.8 Å². The fourth-order valence-electron chi connectivity index (χ4n) is 4.60. The first-order valence-corrected chi connectivity index (χ1v) is 13.2. The number of aromatic nitrogens is 3. The Morgan fingerprint density at radius 2 is 2.11 bits per heavy atom. The smallest absolute Gasteiger partial charge is 0.242 e. The summed E-state index contributed by atoms with van der Waals surface area (Å²) in [5, 5.41) is 18.2. The lowest BCUT2D eigenvalue weighted by Crippen LogP contribution is -2.42. The van der Waals surface area contributed by atoms with Crippen LogP contribution in [0.2, 0.25) is 0 Å². The minimum Gasteiger partial charge on any atom is -0.507 e. The summed E-state index contributed by atoms with van der Waals surface area (Å²) in [5.41, 5.74) is 2.84. The third-order valence-electron chi connectivity index (χ3n) is 6.53. The molecule has 5 rings (SSSR count). The number of alkyl halides is 1. The minimum atomic E-state index is -3.65. The Kier molecular flexibility index (Phi) is 6.33. The monoisotopic (exact) mass is 497 g/mol. The van der Waals surface area contributed by atoms with Crippen molar-refractivity contribution in [2.45, 2.75) is 32.4 Å². The van der Waals surface area contributed by atoms with Crippen molar-refractivity contribution >= 4 is 21.5 Å². The highest BCUT2D eigenvalue weighted by Crippen LogP contribution is 2.31. The van der Waals surface area contributed by atoms with Gasteiger partial charge in [0.2, 0.25) is 10.0 Å². The molecule has 2 atom stereocenters. The molecule has 1 fully saturated rings. The van der Waals surface area contributed by atoms with Crippen LogP contribution in [0.4, 0.5) is 10.2 Å². The lowest BCUT2D eigenvalue weighted by Gasteiger charge is -2.32. The van der Waals surface area contributed by atoms with Crippen molar-refractivity contribution < 1.29 is 17.9 Å². The number of fused-ring (bicyclic) bond motifs is 1. The molecule has 1 aliphatic carbocycles. The van der Waals surface area contributed by atoms with Gasteiger partial charge in [-0.25, -0.2) is 17.8 Å². The van der Waals surface area contributed by atoms with Crippen molar-refractivity contribution in [2.75, 3.05) is 25.0 Å². The predicted octanol–water partition coefficient (Wildman–Crippen LogP) is 4.05. The van der Waals surface area contributed by atoms with Crippen molar-refractivity contribution in [3.05, 3.63) is 65.2 Å². The molecular weight excluding hydrogens is 469 g/mol. The maximum absolute atomic E-state index is 13.4. The van der Waals surface area contributed by atoms with Crippen molar-refractivity contribution in [2.24, 2.45) is 5.92 Å². The van der Waals surface area contributed by atoms with Gasteiger partial charge in [-0.2, -0.15) is 13.9 Å². The third-order valence-corrected chi connectivity index (χ3v) is 8.44. The van der Waals surface area contributed by atoms with E-state index in [2.05, 4.69) is 10.4 Å². The first kappa shape index (κ1) is 23.5. The second-order valence-electron chi connectivity index (χ2n) is 9.08. The molecular formula is C25H28FN5O3S. The third kappa shape index (κ3) is 4.68. The minimum absolute atomic E-state index is 0.0878. The van der Waals surface area contributed by atoms with Gasteiger partial charge in [0.15, 0.2) is 5.65 Å². The van der Waals surface area contributed by atoms with Crippen LogP contribution in [0.25, 0.3) is 16.9 Å². The number of aromatic hydroxyl groups is 1. The number of phenols is 1. The number of piperidine rings is 1. The van der Waals surface area contributed by atoms with Crippen molar-refractivity contribution in [1.82, 2.24) is 18.9 Å². The molecule has 10 heteroatoms. The normalized spacial score (nSPS) is 21.3. The summed E-state index contributed by atoms with van der Waals surface area (Å²) in [6.07, 6.45) is 6.49. The zero-order chi connectivity index (χ0) is 24.6. The van der Waals surface area contributed by atoms with Gasteiger partial charge in [0.1, 0.15) is 17.7 Å². The fourth-order valence-corrected chi connectivity index (χ4v) is 6.23. The predicted molar refractivity (Wildman–Crippen MR) is 133 cm³/mol. The maximum atomic E-state index is 13.4. The van der Waals surface area contributed by atoms with E-state index in [1.807, 2.05) is 25.1 Å². The molecule has 35 heavy (non-hydrogen) atoms. The number of benzene rings is 1. The van der Waals surface area contributed by atoms with Crippen LogP contribution in [0, 0.1) is 12.8 Å². The number of para-hydroxylation sites is 1. The van der Waals surface area contributed by atoms with Crippen molar-refractivity contribution in [3.8, 4) is 17.0 Å². The van der Waals surface area contributed by atoms with Gasteiger partial charge in [-0.05, 0) is 50.0 Å². The first-order chi connectivity index (χ1) is 16.8. The molecule has 1 aliphatic heterocycles. The molecule has 3 heterocycles. The van der Waals surface area contributed by atoms with Gasteiger partial charge >= 0.3 is 0 Å². The molecule has 8 nitrogen and oxygen atoms in total. The largest absolute Gasteiger partial charge is 0.507 e. The molecule has 0 saturated carbocycles. The van der Waals surface area contributed by atoms with Gasteiger partial charge < -0.3 is 10.4 Å². The van der Waals surface area contributed by atoms with Gasteiger partial charge in [-0.1, -0.05) is 18.2 Å². The molecule has 184 valence electrons. The maximum Gasteiger partial charge on any atom is 0.242 e. The Bertz CT molecular complexity index is 1420. The number of nitrogens with one attached hydrogen (secondary N) is 1. The molecule has 2 aromatic heterocycles. The zero-order valence-electron chi connectivity index (χ0n) is 19.4. The Labute approximate surface area is 203 Å². The molecule has 0 amide bonds. The summed E-state index contributed by atoms with van der Waals surface area (Å²) < 4.78 is 42.8. The number of sulfonamides is 1. The number of allylic oxidation sites excluding steroid dienone is 3. The van der Waals surface area contributed by atoms with Gasteiger partial charge in [-0.3, -0.25) is 0 Å². The van der Waals surface area contributed by atoms with Crippen molar-refractivity contribution in [1.29, 1.82) is 0 Å². The Morgan fingerprint density at radius 3 is 2.89 bits per heavy atom. The van der Waals surface area contributed by atoms with Gasteiger partial charge in [0.05, 0.1) is 16.8 Å². The van der Waals surface area contributed by atoms with E-state index in [9.17, 15) is 17.9 Å². The van der Waals surface area contributed by atoms with E-state index in [0.717, 1.165) is 18.4 Å². The van der Waals surface area contributed by atoms with Crippen LogP contribution in [0.5, 0.6) is 5.75 Å². The van der Waals surface area contributed by atoms with E-state index in [1.54, 1.807) is 22.8 Å². The zero-order valence-corrected chi connectivity index (χ0v) is 20.2. The molecule has 2 aliphatic rings. The average molecular weight is 498 g/mol. The molecule has 0 spiro atoms. The number of aryl methyl sites for hydroxylation is 1. The molecule has 0 bridgehead atoms. The Balaban J connectivity index is 1.36. The molecule has 3 aromatic rings. The summed E-state index contributed by atoms with van der Waals surface area (Å²) in [4.78, 5) is 4.87. The molecule has 1 aromatic carbocycles. The summed E-state index contributed by atoms with van der Waals surface area (Å²) in [5.74, 6) is 0.952. The number of halogens is 1. The lowest BCUT2D eigenvalue weighted by molar-refractivity contribution is 0.277. The quantitative estimate of drug-likeness (QED) is 0.533. The standard InChI is InChI=1S/C25H28FN5O3S/c1-17-14-28-31-24(13-22(29-25(17)31)21-6-2-3-7-23(21)32)27-15-18-5-4-12-30(16-18)35(33,34)20-10-8-19(26)9-11-20/h2-3,6-8,10-11,13-14,18-19,27,32H,4-5,9,12,15-16H2,1H3. The SMILES string of the molecule is Cc1cnn2c(NCC3CCCN(S(=O)(=O)C4=CCC(F)C=C4)C3)cc(-c3ccccc3O)nc12. The van der Waals surface area contributed by atoms with E-state index < -0.39 is 16.2 Å². The van der Waals surface area contributed by atoms with Gasteiger partial charge in [-0.15, -0.1) is 0 Å². The molecule has 0 radical (unpaired) electrons. The second kappa shape index (κ2) is 9.43. The first-order valence-electron chi connectivity index (χ1n) is 11.7. The topological polar surface area (TPSA) is 99.8 Å². The van der Waals surface area contributed by atoms with Crippen LogP contribution in [0.15, 0.2) is 59.7 Å². The van der Waals surface area contributed by atoms with Gasteiger partial charge in [0, 0.05) is 43.2 Å². The Morgan fingerprint density at radius 1 is 1.29 bits per heavy atom. The number of nitrogens with zero attached hydrogens (tertiary/aromatic N) is 4. The van der Waals surface area contributed by atoms with Crippen LogP contribution in [-0.2, 0) is 10.0 Å². The number of anilines is 1. The van der Waals surface area contributed by atoms with Gasteiger partial charge in [0.25, 0.3) is 0 Å². The molecule has 2 unspecified atom stereocenters. The van der Waals surface area contributed by atoms with Crippen LogP contribution < -0.4 is 5.32 Å². The summed E-state index contributed by atoms with van der Waals surface area (Å²) in [7, 11) is -3.65. The van der Waals surface area contributed by atoms with Crippen LogP contribution in [0.3, 0.4) is 0 Å². The lowest BCUT2D eigenvalue weighted by atomic mass is 10.00. The highest BCUT2D eigenvalue weighted by Gasteiger charge is 2.31. The number of rotatable bonds is 6. The fraction of sp³-hybridized carbons (Fsp3) is 0.360. The van der Waals surface area contributed by atoms with E-state index in [0.29, 0.717) is 42.4 Å². The highest BCUT2D eigenvalue weighted by molar-refractivity contribution is 7.93. The van der Waals surface area contributed by atoms with Crippen molar-refractivity contribution in [3.63, 3.8) is 0 Å². The summed E-state index contributed by atoms with van der Waals surface area (Å²) in [6, 6.07) is 8.89. The second-order valence-corrected chi connectivity index (χ2v) is 11.0. The number of phenolic OH excluding ortho intramolecular Hbond substituents is 1. The van der Waals surface area contributed by atoms with Crippen LogP contribution in [-0.4, -0.2) is 58.2 Å². The molecule has 1 saturated heterocycles. The van der Waals surface area contributed by atoms with E-state index >= 15 is 0 Å². The summed E-state index contributed by atoms with van der Waals surface area (Å²) in [6.45, 7) is 3.32. The number of hydrogen-bond acceptors (Lipinski definition) is 6. The van der Waals surface area contributed by atoms with Crippen LogP contribution >= 0.6 is 0 Å². The van der Waals surface area contributed by atoms with E-state index in [1.165, 1.54) is 22.5 Å².